The molecular formula is C10H16O2. The summed E-state index contributed by atoms with van der Waals surface area (Å²) in [4.78, 5) is 11.4. The first kappa shape index (κ1) is 8.24. The van der Waals surface area contributed by atoms with E-state index in [4.69, 9.17) is 0 Å². The summed E-state index contributed by atoms with van der Waals surface area (Å²) in [5.74, 6) is 0.964. The highest BCUT2D eigenvalue weighted by atomic mass is 16.3. The second-order valence-electron chi connectivity index (χ2n) is 4.94. The lowest BCUT2D eigenvalue weighted by Crippen LogP contribution is -2.33. The number of rotatable bonds is 0. The summed E-state index contributed by atoms with van der Waals surface area (Å²) >= 11 is 0. The van der Waals surface area contributed by atoms with E-state index in [1.807, 2.05) is 6.92 Å². The van der Waals surface area contributed by atoms with Crippen LogP contribution in [0.15, 0.2) is 0 Å². The van der Waals surface area contributed by atoms with Gasteiger partial charge in [0.1, 0.15) is 6.10 Å². The second-order valence-corrected chi connectivity index (χ2v) is 4.94. The van der Waals surface area contributed by atoms with E-state index in [1.54, 1.807) is 0 Å². The molecule has 68 valence electrons. The van der Waals surface area contributed by atoms with Crippen molar-refractivity contribution in [3.63, 3.8) is 0 Å². The van der Waals surface area contributed by atoms with Crippen LogP contribution in [0.5, 0.6) is 0 Å². The Hall–Kier alpha value is -0.370. The van der Waals surface area contributed by atoms with Gasteiger partial charge in [0.15, 0.2) is 5.78 Å². The van der Waals surface area contributed by atoms with E-state index in [1.165, 1.54) is 0 Å². The average Bonchev–Trinajstić information content (AvgIpc) is 2.49. The molecule has 2 rings (SSSR count). The van der Waals surface area contributed by atoms with E-state index in [0.29, 0.717) is 5.92 Å². The van der Waals surface area contributed by atoms with Gasteiger partial charge in [0, 0.05) is 11.8 Å². The van der Waals surface area contributed by atoms with Gasteiger partial charge in [-0.25, -0.2) is 0 Å². The van der Waals surface area contributed by atoms with Gasteiger partial charge in [-0.3, -0.25) is 4.79 Å². The summed E-state index contributed by atoms with van der Waals surface area (Å²) in [7, 11) is 0. The van der Waals surface area contributed by atoms with E-state index in [0.717, 1.165) is 6.42 Å². The molecule has 0 spiro atoms. The number of Topliss-reactive ketones (excluding diaryl/α,β-unsaturated/α-hetero) is 1. The number of aliphatic hydroxyl groups excluding tert-OH is 1. The van der Waals surface area contributed by atoms with E-state index < -0.39 is 6.10 Å². The maximum atomic E-state index is 11.4. The highest BCUT2D eigenvalue weighted by Gasteiger charge is 2.65. The molecule has 0 aromatic rings. The molecule has 0 amide bonds. The van der Waals surface area contributed by atoms with Crippen LogP contribution in [0.4, 0.5) is 0 Å². The molecule has 0 radical (unpaired) electrons. The van der Waals surface area contributed by atoms with Crippen LogP contribution in [-0.2, 0) is 4.79 Å². The molecule has 2 heteroatoms. The molecule has 12 heavy (non-hydrogen) atoms. The van der Waals surface area contributed by atoms with Crippen LogP contribution < -0.4 is 0 Å². The van der Waals surface area contributed by atoms with E-state index in [-0.39, 0.29) is 23.0 Å². The number of fused-ring (bicyclic) bond motifs is 1. The zero-order valence-corrected chi connectivity index (χ0v) is 7.87. The van der Waals surface area contributed by atoms with Crippen molar-refractivity contribution in [1.82, 2.24) is 0 Å². The summed E-state index contributed by atoms with van der Waals surface area (Å²) in [5.41, 5.74) is 0.208. The third kappa shape index (κ3) is 0.817. The minimum atomic E-state index is -0.672. The van der Waals surface area contributed by atoms with Gasteiger partial charge in [0.25, 0.3) is 0 Å². The number of hydrogen-bond acceptors (Lipinski definition) is 2. The summed E-state index contributed by atoms with van der Waals surface area (Å²) in [6.07, 6.45) is 0.307. The van der Waals surface area contributed by atoms with Gasteiger partial charge in [-0.05, 0) is 17.8 Å². The Morgan fingerprint density at radius 3 is 2.67 bits per heavy atom. The molecule has 4 atom stereocenters. The molecule has 2 aliphatic rings. The number of carbonyl (C=O) groups excluding carboxylic acids is 1. The van der Waals surface area contributed by atoms with Crippen molar-refractivity contribution in [3.05, 3.63) is 0 Å². The first-order chi connectivity index (χ1) is 5.46. The van der Waals surface area contributed by atoms with E-state index in [9.17, 15) is 9.90 Å². The van der Waals surface area contributed by atoms with Crippen LogP contribution in [0.25, 0.3) is 0 Å². The largest absolute Gasteiger partial charge is 0.385 e. The summed E-state index contributed by atoms with van der Waals surface area (Å²) < 4.78 is 0. The molecule has 0 aromatic heterocycles. The van der Waals surface area contributed by atoms with Gasteiger partial charge in [-0.15, -0.1) is 0 Å². The normalized spacial score (nSPS) is 50.2. The molecule has 2 aliphatic carbocycles. The highest BCUT2D eigenvalue weighted by molar-refractivity contribution is 5.87. The lowest BCUT2D eigenvalue weighted by atomic mass is 9.87. The van der Waals surface area contributed by atoms with Crippen LogP contribution >= 0.6 is 0 Å². The molecule has 0 unspecified atom stereocenters. The molecule has 0 aromatic carbocycles. The predicted molar refractivity (Wildman–Crippen MR) is 45.6 cm³/mol. The number of ketones is 1. The Morgan fingerprint density at radius 1 is 1.50 bits per heavy atom. The lowest BCUT2D eigenvalue weighted by molar-refractivity contribution is -0.134. The molecule has 2 saturated carbocycles. The lowest BCUT2D eigenvalue weighted by Gasteiger charge is -2.20. The minimum absolute atomic E-state index is 0.0572. The van der Waals surface area contributed by atoms with Crippen molar-refractivity contribution in [1.29, 1.82) is 0 Å². The first-order valence-electron chi connectivity index (χ1n) is 4.68. The van der Waals surface area contributed by atoms with Crippen molar-refractivity contribution < 1.29 is 9.90 Å². The van der Waals surface area contributed by atoms with Crippen LogP contribution in [0.3, 0.4) is 0 Å². The number of aliphatic hydroxyl groups is 1. The SMILES string of the molecule is C[C@@H]1C[C@H]2[C@@H]([C@H](O)C1=O)C2(C)C. The van der Waals surface area contributed by atoms with Gasteiger partial charge in [-0.1, -0.05) is 20.8 Å². The second kappa shape index (κ2) is 2.11. The number of carbonyl (C=O) groups is 1. The zero-order chi connectivity index (χ0) is 9.09. The maximum absolute atomic E-state index is 11.4. The summed E-state index contributed by atoms with van der Waals surface area (Å²) in [6, 6.07) is 0. The quantitative estimate of drug-likeness (QED) is 0.590. The Labute approximate surface area is 73.0 Å². The average molecular weight is 168 g/mol. The first-order valence-corrected chi connectivity index (χ1v) is 4.68. The topological polar surface area (TPSA) is 37.3 Å². The zero-order valence-electron chi connectivity index (χ0n) is 7.87. The van der Waals surface area contributed by atoms with Crippen LogP contribution in [0.1, 0.15) is 27.2 Å². The molecule has 0 saturated heterocycles. The standard InChI is InChI=1S/C10H16O2/c1-5-4-6-7(10(6,2)3)9(12)8(5)11/h5-7,9,12H,4H2,1-3H3/t5-,6+,7+,9+/m1/s1. The van der Waals surface area contributed by atoms with E-state index in [2.05, 4.69) is 13.8 Å². The van der Waals surface area contributed by atoms with Gasteiger partial charge in [-0.2, -0.15) is 0 Å². The fourth-order valence-corrected chi connectivity index (χ4v) is 2.83. The fourth-order valence-electron chi connectivity index (χ4n) is 2.83. The Balaban J connectivity index is 2.21. The molecule has 0 bridgehead atoms. The Bertz CT molecular complexity index is 232. The molecule has 2 fully saturated rings. The van der Waals surface area contributed by atoms with Gasteiger partial charge in [0.05, 0.1) is 0 Å². The smallest absolute Gasteiger partial charge is 0.164 e. The summed E-state index contributed by atoms with van der Waals surface area (Å²) in [6.45, 7) is 6.23. The van der Waals surface area contributed by atoms with Crippen molar-refractivity contribution in [2.24, 2.45) is 23.2 Å². The highest BCUT2D eigenvalue weighted by Crippen LogP contribution is 2.64. The van der Waals surface area contributed by atoms with Crippen molar-refractivity contribution >= 4 is 5.78 Å². The summed E-state index contributed by atoms with van der Waals surface area (Å²) in [5, 5.41) is 9.64. The predicted octanol–water partition coefficient (Wildman–Crippen LogP) is 1.23. The monoisotopic (exact) mass is 168 g/mol. The van der Waals surface area contributed by atoms with Gasteiger partial charge in [0.2, 0.25) is 0 Å². The fraction of sp³-hybridized carbons (Fsp3) is 0.900. The van der Waals surface area contributed by atoms with Crippen molar-refractivity contribution in [3.8, 4) is 0 Å². The van der Waals surface area contributed by atoms with Crippen LogP contribution in [-0.4, -0.2) is 17.0 Å². The molecule has 1 N–H and O–H groups in total. The third-order valence-corrected chi connectivity index (χ3v) is 3.86. The Morgan fingerprint density at radius 2 is 2.08 bits per heavy atom. The van der Waals surface area contributed by atoms with Crippen LogP contribution in [0.2, 0.25) is 0 Å². The van der Waals surface area contributed by atoms with E-state index >= 15 is 0 Å². The molecule has 2 nitrogen and oxygen atoms in total. The molecule has 0 aliphatic heterocycles. The molecular weight excluding hydrogens is 152 g/mol. The van der Waals surface area contributed by atoms with Crippen molar-refractivity contribution in [2.45, 2.75) is 33.3 Å². The Kier molecular flexibility index (Phi) is 1.45. The third-order valence-electron chi connectivity index (χ3n) is 3.86. The maximum Gasteiger partial charge on any atom is 0.164 e. The minimum Gasteiger partial charge on any atom is -0.385 e. The van der Waals surface area contributed by atoms with Crippen molar-refractivity contribution in [2.75, 3.05) is 0 Å². The van der Waals surface area contributed by atoms with Gasteiger partial charge < -0.3 is 5.11 Å². The van der Waals surface area contributed by atoms with Gasteiger partial charge >= 0.3 is 0 Å². The van der Waals surface area contributed by atoms with Crippen LogP contribution in [0, 0.1) is 23.2 Å². The molecule has 0 heterocycles. The number of hydrogen-bond donors (Lipinski definition) is 1.